The highest BCUT2D eigenvalue weighted by Gasteiger charge is 2.14. The molecule has 1 aromatic heterocycles. The highest BCUT2D eigenvalue weighted by atomic mass is 19.1. The molecule has 0 unspecified atom stereocenters. The van der Waals surface area contributed by atoms with Crippen molar-refractivity contribution in [2.24, 2.45) is 0 Å². The minimum Gasteiger partial charge on any atom is -0.487 e. The molecule has 1 heterocycles. The van der Waals surface area contributed by atoms with Crippen LogP contribution in [0.5, 0.6) is 11.8 Å². The summed E-state index contributed by atoms with van der Waals surface area (Å²) in [6.07, 6.45) is 7.14. The van der Waals surface area contributed by atoms with Crippen molar-refractivity contribution in [3.8, 4) is 11.8 Å². The van der Waals surface area contributed by atoms with Gasteiger partial charge in [0, 0.05) is 6.04 Å². The Hall–Kier alpha value is -2.64. The first kappa shape index (κ1) is 18.2. The standard InChI is InChI=1S/C18H24FN5O2/c19-14-9-5-6-10-15(14)25-11-12-26-18-23-16(20)22-17(24-18)21-13-7-3-1-2-4-8-13/h5-6,9-10,13H,1-4,7-8,11-12H2,(H3,20,21,22,23,24). The number of benzene rings is 1. The molecule has 2 aromatic rings. The monoisotopic (exact) mass is 361 g/mol. The van der Waals surface area contributed by atoms with Crippen LogP contribution in [-0.2, 0) is 0 Å². The van der Waals surface area contributed by atoms with Crippen LogP contribution in [0, 0.1) is 5.82 Å². The molecule has 0 radical (unpaired) electrons. The van der Waals surface area contributed by atoms with Gasteiger partial charge in [0.15, 0.2) is 11.6 Å². The molecule has 0 saturated heterocycles. The summed E-state index contributed by atoms with van der Waals surface area (Å²) in [5.41, 5.74) is 5.75. The molecule has 140 valence electrons. The van der Waals surface area contributed by atoms with Crippen LogP contribution < -0.4 is 20.5 Å². The Morgan fingerprint density at radius 2 is 1.73 bits per heavy atom. The average molecular weight is 361 g/mol. The fourth-order valence-corrected chi connectivity index (χ4v) is 2.95. The van der Waals surface area contributed by atoms with Crippen LogP contribution in [-0.4, -0.2) is 34.2 Å². The molecule has 0 bridgehead atoms. The number of ether oxygens (including phenoxy) is 2. The Morgan fingerprint density at radius 3 is 2.50 bits per heavy atom. The van der Waals surface area contributed by atoms with Gasteiger partial charge in [-0.2, -0.15) is 15.0 Å². The maximum absolute atomic E-state index is 13.5. The summed E-state index contributed by atoms with van der Waals surface area (Å²) in [5, 5.41) is 3.32. The first-order valence-corrected chi connectivity index (χ1v) is 8.99. The Balaban J connectivity index is 1.51. The summed E-state index contributed by atoms with van der Waals surface area (Å²) >= 11 is 0. The second-order valence-corrected chi connectivity index (χ2v) is 6.26. The molecule has 26 heavy (non-hydrogen) atoms. The molecular formula is C18H24FN5O2. The van der Waals surface area contributed by atoms with Crippen LogP contribution in [0.2, 0.25) is 0 Å². The van der Waals surface area contributed by atoms with Gasteiger partial charge in [0.05, 0.1) is 0 Å². The number of hydrogen-bond acceptors (Lipinski definition) is 7. The summed E-state index contributed by atoms with van der Waals surface area (Å²) in [6, 6.07) is 6.69. The van der Waals surface area contributed by atoms with E-state index < -0.39 is 5.82 Å². The minimum atomic E-state index is -0.410. The van der Waals surface area contributed by atoms with E-state index in [2.05, 4.69) is 20.3 Å². The van der Waals surface area contributed by atoms with E-state index in [-0.39, 0.29) is 30.9 Å². The maximum Gasteiger partial charge on any atom is 0.323 e. The molecule has 7 nitrogen and oxygen atoms in total. The molecule has 1 fully saturated rings. The fourth-order valence-electron chi connectivity index (χ4n) is 2.95. The van der Waals surface area contributed by atoms with Crippen LogP contribution in [0.1, 0.15) is 38.5 Å². The number of para-hydroxylation sites is 1. The highest BCUT2D eigenvalue weighted by Crippen LogP contribution is 2.20. The van der Waals surface area contributed by atoms with E-state index in [1.54, 1.807) is 18.2 Å². The molecule has 1 aromatic carbocycles. The Bertz CT molecular complexity index is 708. The molecule has 3 N–H and O–H groups in total. The number of halogens is 1. The van der Waals surface area contributed by atoms with Gasteiger partial charge in [-0.15, -0.1) is 0 Å². The zero-order valence-corrected chi connectivity index (χ0v) is 14.7. The summed E-state index contributed by atoms with van der Waals surface area (Å²) in [6.45, 7) is 0.332. The predicted molar refractivity (Wildman–Crippen MR) is 96.7 cm³/mol. The summed E-state index contributed by atoms with van der Waals surface area (Å²) in [4.78, 5) is 12.4. The zero-order chi connectivity index (χ0) is 18.2. The van der Waals surface area contributed by atoms with E-state index >= 15 is 0 Å². The first-order valence-electron chi connectivity index (χ1n) is 8.99. The summed E-state index contributed by atoms with van der Waals surface area (Å²) < 4.78 is 24.3. The van der Waals surface area contributed by atoms with Gasteiger partial charge in [0.2, 0.25) is 11.9 Å². The molecule has 3 rings (SSSR count). The number of rotatable bonds is 7. The van der Waals surface area contributed by atoms with Gasteiger partial charge in [0.25, 0.3) is 0 Å². The van der Waals surface area contributed by atoms with Crippen molar-refractivity contribution in [1.29, 1.82) is 0 Å². The average Bonchev–Trinajstić information content (AvgIpc) is 2.88. The SMILES string of the molecule is Nc1nc(NC2CCCCCC2)nc(OCCOc2ccccc2F)n1. The molecule has 0 spiro atoms. The van der Waals surface area contributed by atoms with E-state index in [9.17, 15) is 4.39 Å². The third-order valence-corrected chi connectivity index (χ3v) is 4.23. The predicted octanol–water partition coefficient (Wildman–Crippen LogP) is 3.19. The number of aromatic nitrogens is 3. The molecule has 0 amide bonds. The summed E-state index contributed by atoms with van der Waals surface area (Å²) in [7, 11) is 0. The largest absolute Gasteiger partial charge is 0.487 e. The third kappa shape index (κ3) is 5.44. The minimum absolute atomic E-state index is 0.0983. The Morgan fingerprint density at radius 1 is 1.00 bits per heavy atom. The number of nitrogen functional groups attached to an aromatic ring is 1. The highest BCUT2D eigenvalue weighted by molar-refractivity contribution is 5.33. The number of nitrogens with one attached hydrogen (secondary N) is 1. The molecule has 1 saturated carbocycles. The van der Waals surface area contributed by atoms with E-state index in [0.717, 1.165) is 12.8 Å². The number of nitrogens with zero attached hydrogens (tertiary/aromatic N) is 3. The van der Waals surface area contributed by atoms with Gasteiger partial charge in [-0.3, -0.25) is 0 Å². The molecular weight excluding hydrogens is 337 g/mol. The van der Waals surface area contributed by atoms with Crippen molar-refractivity contribution in [1.82, 2.24) is 15.0 Å². The molecule has 1 aliphatic carbocycles. The van der Waals surface area contributed by atoms with Crippen molar-refractivity contribution in [3.63, 3.8) is 0 Å². The smallest absolute Gasteiger partial charge is 0.323 e. The first-order chi connectivity index (χ1) is 12.7. The van der Waals surface area contributed by atoms with Crippen molar-refractivity contribution in [2.75, 3.05) is 24.3 Å². The van der Waals surface area contributed by atoms with Gasteiger partial charge < -0.3 is 20.5 Å². The normalized spacial score (nSPS) is 15.3. The topological polar surface area (TPSA) is 95.2 Å². The Kier molecular flexibility index (Phi) is 6.40. The molecule has 8 heteroatoms. The van der Waals surface area contributed by atoms with Crippen molar-refractivity contribution in [2.45, 2.75) is 44.6 Å². The van der Waals surface area contributed by atoms with Crippen LogP contribution in [0.15, 0.2) is 24.3 Å². The van der Waals surface area contributed by atoms with Gasteiger partial charge in [-0.1, -0.05) is 37.8 Å². The third-order valence-electron chi connectivity index (χ3n) is 4.23. The van der Waals surface area contributed by atoms with Crippen molar-refractivity contribution in [3.05, 3.63) is 30.1 Å². The quantitative estimate of drug-likeness (QED) is 0.577. The van der Waals surface area contributed by atoms with Crippen molar-refractivity contribution < 1.29 is 13.9 Å². The van der Waals surface area contributed by atoms with Gasteiger partial charge >= 0.3 is 6.01 Å². The number of hydrogen-bond donors (Lipinski definition) is 2. The van der Waals surface area contributed by atoms with Crippen LogP contribution in [0.4, 0.5) is 16.3 Å². The maximum atomic E-state index is 13.5. The van der Waals surface area contributed by atoms with Gasteiger partial charge in [-0.25, -0.2) is 4.39 Å². The van der Waals surface area contributed by atoms with Crippen LogP contribution in [0.25, 0.3) is 0 Å². The second-order valence-electron chi connectivity index (χ2n) is 6.26. The van der Waals surface area contributed by atoms with Crippen LogP contribution in [0.3, 0.4) is 0 Å². The number of nitrogens with two attached hydrogens (primary N) is 1. The van der Waals surface area contributed by atoms with Gasteiger partial charge in [0.1, 0.15) is 13.2 Å². The molecule has 0 atom stereocenters. The zero-order valence-electron chi connectivity index (χ0n) is 14.7. The lowest BCUT2D eigenvalue weighted by molar-refractivity contribution is 0.201. The lowest BCUT2D eigenvalue weighted by Crippen LogP contribution is -2.21. The van der Waals surface area contributed by atoms with Crippen LogP contribution >= 0.6 is 0 Å². The Labute approximate surface area is 152 Å². The van der Waals surface area contributed by atoms with E-state index in [1.807, 2.05) is 0 Å². The molecule has 0 aliphatic heterocycles. The lowest BCUT2D eigenvalue weighted by atomic mass is 10.1. The van der Waals surface area contributed by atoms with Gasteiger partial charge in [-0.05, 0) is 25.0 Å². The lowest BCUT2D eigenvalue weighted by Gasteiger charge is -2.16. The van der Waals surface area contributed by atoms with E-state index in [1.165, 1.54) is 31.7 Å². The fraction of sp³-hybridized carbons (Fsp3) is 0.500. The second kappa shape index (κ2) is 9.17. The number of anilines is 2. The summed E-state index contributed by atoms with van der Waals surface area (Å²) in [5.74, 6) is 0.296. The van der Waals surface area contributed by atoms with E-state index in [4.69, 9.17) is 15.2 Å². The van der Waals surface area contributed by atoms with E-state index in [0.29, 0.717) is 12.0 Å². The van der Waals surface area contributed by atoms with Crippen molar-refractivity contribution >= 4 is 11.9 Å². The molecule has 1 aliphatic rings.